The van der Waals surface area contributed by atoms with Crippen molar-refractivity contribution in [3.8, 4) is 5.75 Å². The first-order valence-electron chi connectivity index (χ1n) is 10.7. The van der Waals surface area contributed by atoms with Gasteiger partial charge in [-0.05, 0) is 59.2 Å². The van der Waals surface area contributed by atoms with Gasteiger partial charge in [-0.25, -0.2) is 0 Å². The molecule has 1 aromatic rings. The number of ether oxygens (including phenoxy) is 1. The molecule has 0 aliphatic rings. The van der Waals surface area contributed by atoms with Crippen LogP contribution in [0.2, 0.25) is 0 Å². The minimum absolute atomic E-state index is 0.0825. The van der Waals surface area contributed by atoms with Gasteiger partial charge in [0.1, 0.15) is 5.75 Å². The number of rotatable bonds is 13. The van der Waals surface area contributed by atoms with Gasteiger partial charge in [-0.2, -0.15) is 17.7 Å². The van der Waals surface area contributed by atoms with E-state index >= 15 is 0 Å². The fourth-order valence-electron chi connectivity index (χ4n) is 3.74. The van der Waals surface area contributed by atoms with E-state index in [9.17, 15) is 13.2 Å². The molecule has 1 unspecified atom stereocenters. The van der Waals surface area contributed by atoms with Crippen molar-refractivity contribution in [2.24, 2.45) is 0 Å². The normalized spacial score (nSPS) is 14.0. The predicted molar refractivity (Wildman–Crippen MR) is 119 cm³/mol. The number of hydrogen-bond donors (Lipinski definition) is 0. The molecule has 9 heteroatoms. The minimum Gasteiger partial charge on any atom is -0.497 e. The lowest BCUT2D eigenvalue weighted by Crippen LogP contribution is -2.48. The highest BCUT2D eigenvalue weighted by Crippen LogP contribution is 2.71. The fraction of sp³-hybridized carbons (Fsp3) is 0.714. The third-order valence-corrected chi connectivity index (χ3v) is 9.66. The summed E-state index contributed by atoms with van der Waals surface area (Å²) in [5.74, 6) is 0.511. The van der Waals surface area contributed by atoms with Crippen molar-refractivity contribution in [2.75, 3.05) is 46.4 Å². The molecular formula is C21H38F3N3O2P+. The van der Waals surface area contributed by atoms with Gasteiger partial charge in [-0.1, -0.05) is 12.1 Å². The predicted octanol–water partition coefficient (Wildman–Crippen LogP) is 6.02. The zero-order valence-electron chi connectivity index (χ0n) is 19.4. The fourth-order valence-corrected chi connectivity index (χ4v) is 7.95. The molecule has 30 heavy (non-hydrogen) atoms. The van der Waals surface area contributed by atoms with Crippen LogP contribution in [0.25, 0.3) is 0 Å². The Morgan fingerprint density at radius 3 is 1.40 bits per heavy atom. The summed E-state index contributed by atoms with van der Waals surface area (Å²) in [6.45, 7) is 15.5. The Bertz CT molecular complexity index is 573. The average Bonchev–Trinajstić information content (AvgIpc) is 2.73. The van der Waals surface area contributed by atoms with Crippen LogP contribution in [0.15, 0.2) is 24.3 Å². The molecule has 0 spiro atoms. The Labute approximate surface area is 180 Å². The SMILES string of the molecule is CCN(CC)[P+](OC(c1ccc(OC)cc1)C(F)(F)F)(N(CC)CC)N(CC)CC. The van der Waals surface area contributed by atoms with E-state index in [4.69, 9.17) is 9.26 Å². The maximum Gasteiger partial charge on any atom is 0.423 e. The van der Waals surface area contributed by atoms with E-state index in [1.54, 1.807) is 12.1 Å². The van der Waals surface area contributed by atoms with E-state index in [-0.39, 0.29) is 5.56 Å². The standard InChI is InChI=1S/C21H38F3N3O2P/c1-8-25(9-2)30(26(10-3)11-4,27(12-5)13-6)29-20(21(22,23)24)18-14-16-19(28-7)17-15-18/h14-17,20H,8-13H2,1-7H3/q+1. The average molecular weight is 453 g/mol. The lowest BCUT2D eigenvalue weighted by molar-refractivity contribution is -0.201. The van der Waals surface area contributed by atoms with E-state index in [0.29, 0.717) is 45.0 Å². The van der Waals surface area contributed by atoms with Crippen LogP contribution >= 0.6 is 7.94 Å². The van der Waals surface area contributed by atoms with Crippen LogP contribution in [-0.2, 0) is 4.52 Å². The van der Waals surface area contributed by atoms with Crippen molar-refractivity contribution in [1.29, 1.82) is 0 Å². The third-order valence-electron chi connectivity index (χ3n) is 5.26. The van der Waals surface area contributed by atoms with Crippen molar-refractivity contribution in [3.63, 3.8) is 0 Å². The molecular weight excluding hydrogens is 414 g/mol. The first-order valence-corrected chi connectivity index (χ1v) is 12.3. The monoisotopic (exact) mass is 452 g/mol. The highest BCUT2D eigenvalue weighted by Gasteiger charge is 2.62. The van der Waals surface area contributed by atoms with Crippen molar-refractivity contribution < 1.29 is 22.4 Å². The number of benzene rings is 1. The molecule has 0 radical (unpaired) electrons. The van der Waals surface area contributed by atoms with E-state index in [1.165, 1.54) is 19.2 Å². The van der Waals surface area contributed by atoms with Gasteiger partial charge in [0.25, 0.3) is 0 Å². The van der Waals surface area contributed by atoms with Gasteiger partial charge >= 0.3 is 14.1 Å². The summed E-state index contributed by atoms with van der Waals surface area (Å²) < 4.78 is 60.7. The van der Waals surface area contributed by atoms with Crippen LogP contribution in [0, 0.1) is 0 Å². The first-order chi connectivity index (χ1) is 14.2. The van der Waals surface area contributed by atoms with Crippen LogP contribution in [0.3, 0.4) is 0 Å². The van der Waals surface area contributed by atoms with Gasteiger partial charge < -0.3 is 4.74 Å². The van der Waals surface area contributed by atoms with Crippen LogP contribution in [0.1, 0.15) is 53.2 Å². The smallest absolute Gasteiger partial charge is 0.423 e. The molecule has 0 aromatic heterocycles. The molecule has 1 aromatic carbocycles. The topological polar surface area (TPSA) is 28.2 Å². The van der Waals surface area contributed by atoms with Crippen molar-refractivity contribution in [2.45, 2.75) is 53.8 Å². The van der Waals surface area contributed by atoms with Crippen LogP contribution < -0.4 is 4.74 Å². The second-order valence-electron chi connectivity index (χ2n) is 6.73. The Balaban J connectivity index is 3.68. The summed E-state index contributed by atoms with van der Waals surface area (Å²) in [6, 6.07) is 5.98. The highest BCUT2D eigenvalue weighted by molar-refractivity contribution is 7.64. The van der Waals surface area contributed by atoms with E-state index in [0.717, 1.165) is 0 Å². The summed E-state index contributed by atoms with van der Waals surface area (Å²) in [5, 5.41) is 0. The van der Waals surface area contributed by atoms with Gasteiger partial charge in [-0.3, -0.25) is 0 Å². The van der Waals surface area contributed by atoms with Gasteiger partial charge in [0.15, 0.2) is 0 Å². The van der Waals surface area contributed by atoms with Gasteiger partial charge in [0, 0.05) is 39.3 Å². The Hall–Kier alpha value is -0.920. The molecule has 0 bridgehead atoms. The maximum absolute atomic E-state index is 14.3. The maximum atomic E-state index is 14.3. The van der Waals surface area contributed by atoms with Crippen LogP contribution in [0.4, 0.5) is 13.2 Å². The first kappa shape index (κ1) is 27.1. The number of nitrogens with zero attached hydrogens (tertiary/aromatic N) is 3. The van der Waals surface area contributed by atoms with E-state index < -0.39 is 20.2 Å². The third kappa shape index (κ3) is 5.86. The molecule has 0 aliphatic heterocycles. The highest BCUT2D eigenvalue weighted by atomic mass is 31.2. The second-order valence-corrected chi connectivity index (χ2v) is 9.66. The molecule has 0 aliphatic carbocycles. The molecule has 0 amide bonds. The van der Waals surface area contributed by atoms with Crippen LogP contribution in [-0.4, -0.2) is 66.6 Å². The van der Waals surface area contributed by atoms with Gasteiger partial charge in [-0.15, -0.1) is 14.0 Å². The van der Waals surface area contributed by atoms with E-state index in [1.807, 2.05) is 41.5 Å². The summed E-state index contributed by atoms with van der Waals surface area (Å²) in [7, 11) is -1.42. The summed E-state index contributed by atoms with van der Waals surface area (Å²) in [5.41, 5.74) is 0.0825. The lowest BCUT2D eigenvalue weighted by Gasteiger charge is -2.45. The molecule has 0 saturated heterocycles. The molecule has 1 rings (SSSR count). The Morgan fingerprint density at radius 2 is 1.13 bits per heavy atom. The number of methoxy groups -OCH3 is 1. The number of alkyl halides is 3. The van der Waals surface area contributed by atoms with E-state index in [2.05, 4.69) is 14.0 Å². The zero-order valence-corrected chi connectivity index (χ0v) is 20.3. The molecule has 0 saturated carbocycles. The lowest BCUT2D eigenvalue weighted by atomic mass is 10.1. The molecule has 0 fully saturated rings. The molecule has 0 heterocycles. The minimum atomic E-state index is -4.55. The molecule has 5 nitrogen and oxygen atoms in total. The summed E-state index contributed by atoms with van der Waals surface area (Å²) in [4.78, 5) is 0. The quantitative estimate of drug-likeness (QED) is 0.342. The number of hydrogen-bond acceptors (Lipinski definition) is 5. The van der Waals surface area contributed by atoms with Gasteiger partial charge in [0.05, 0.1) is 7.11 Å². The summed E-state index contributed by atoms with van der Waals surface area (Å²) >= 11 is 0. The van der Waals surface area contributed by atoms with Gasteiger partial charge in [0.2, 0.25) is 6.10 Å². The van der Waals surface area contributed by atoms with Crippen LogP contribution in [0.5, 0.6) is 5.75 Å². The van der Waals surface area contributed by atoms with Crippen molar-refractivity contribution >= 4 is 7.94 Å². The van der Waals surface area contributed by atoms with Crippen molar-refractivity contribution in [3.05, 3.63) is 29.8 Å². The zero-order chi connectivity index (χ0) is 22.9. The second kappa shape index (κ2) is 12.2. The molecule has 0 N–H and O–H groups in total. The number of halogens is 3. The molecule has 174 valence electrons. The largest absolute Gasteiger partial charge is 0.497 e. The Morgan fingerprint density at radius 1 is 0.767 bits per heavy atom. The summed E-state index contributed by atoms with van der Waals surface area (Å²) in [6.07, 6.45) is -6.58. The van der Waals surface area contributed by atoms with Crippen molar-refractivity contribution in [1.82, 2.24) is 14.0 Å². The Kier molecular flexibility index (Phi) is 11.0. The molecule has 1 atom stereocenters.